The molecular formula is C26H36N8O2S. The second-order valence-corrected chi connectivity index (χ2v) is 11.5. The van der Waals surface area contributed by atoms with Gasteiger partial charge in [-0.3, -0.25) is 5.10 Å². The number of fused-ring (bicyclic) bond motifs is 1. The van der Waals surface area contributed by atoms with Gasteiger partial charge in [0.1, 0.15) is 22.0 Å². The van der Waals surface area contributed by atoms with Crippen LogP contribution >= 0.6 is 11.3 Å². The molecule has 0 aliphatic carbocycles. The van der Waals surface area contributed by atoms with Crippen LogP contribution in [-0.2, 0) is 4.74 Å². The highest BCUT2D eigenvalue weighted by molar-refractivity contribution is 7.18. The number of rotatable bonds is 9. The fourth-order valence-electron chi connectivity index (χ4n) is 4.77. The summed E-state index contributed by atoms with van der Waals surface area (Å²) in [5, 5.41) is 18.1. The van der Waals surface area contributed by atoms with Crippen LogP contribution in [0.4, 0.5) is 5.00 Å². The fraction of sp³-hybridized carbons (Fsp3) is 0.538. The van der Waals surface area contributed by atoms with Crippen molar-refractivity contribution in [2.24, 2.45) is 0 Å². The number of hydrogen-bond acceptors (Lipinski definition) is 9. The lowest BCUT2D eigenvalue weighted by Gasteiger charge is -2.34. The van der Waals surface area contributed by atoms with Crippen molar-refractivity contribution in [3.05, 3.63) is 30.4 Å². The van der Waals surface area contributed by atoms with E-state index >= 15 is 0 Å². The van der Waals surface area contributed by atoms with Crippen LogP contribution < -0.4 is 15.0 Å². The molecule has 1 fully saturated rings. The van der Waals surface area contributed by atoms with E-state index in [9.17, 15) is 0 Å². The predicted molar refractivity (Wildman–Crippen MR) is 147 cm³/mol. The second kappa shape index (κ2) is 10.4. The molecule has 0 unspecified atom stereocenters. The maximum absolute atomic E-state index is 5.57. The highest BCUT2D eigenvalue weighted by atomic mass is 32.1. The predicted octanol–water partition coefficient (Wildman–Crippen LogP) is 4.36. The number of H-pyrrole nitrogens is 1. The first-order valence-electron chi connectivity index (χ1n) is 12.8. The van der Waals surface area contributed by atoms with Gasteiger partial charge in [-0.1, -0.05) is 25.2 Å². The molecule has 4 aromatic heterocycles. The zero-order valence-corrected chi connectivity index (χ0v) is 23.2. The summed E-state index contributed by atoms with van der Waals surface area (Å²) in [5.74, 6) is 0.910. The Hall–Kier alpha value is -3.02. The van der Waals surface area contributed by atoms with Gasteiger partial charge in [0, 0.05) is 50.1 Å². The maximum atomic E-state index is 5.57. The highest BCUT2D eigenvalue weighted by Crippen LogP contribution is 2.40. The molecule has 5 rings (SSSR count). The summed E-state index contributed by atoms with van der Waals surface area (Å²) in [4.78, 5) is 11.5. The molecule has 0 saturated carbocycles. The highest BCUT2D eigenvalue weighted by Gasteiger charge is 2.26. The molecule has 37 heavy (non-hydrogen) atoms. The van der Waals surface area contributed by atoms with Crippen LogP contribution in [0.1, 0.15) is 52.0 Å². The zero-order chi connectivity index (χ0) is 26.2. The Labute approximate surface area is 221 Å². The summed E-state index contributed by atoms with van der Waals surface area (Å²) in [6, 6.07) is 2.49. The number of aromatic amines is 1. The molecule has 1 aliphatic rings. The van der Waals surface area contributed by atoms with E-state index in [1.54, 1.807) is 30.1 Å². The van der Waals surface area contributed by atoms with E-state index in [4.69, 9.17) is 19.6 Å². The van der Waals surface area contributed by atoms with Crippen molar-refractivity contribution >= 4 is 22.0 Å². The minimum absolute atomic E-state index is 0.146. The lowest BCUT2D eigenvalue weighted by Crippen LogP contribution is -2.47. The van der Waals surface area contributed by atoms with Crippen LogP contribution in [0.25, 0.3) is 27.6 Å². The van der Waals surface area contributed by atoms with Crippen LogP contribution in [0, 0.1) is 0 Å². The summed E-state index contributed by atoms with van der Waals surface area (Å²) in [5.41, 5.74) is 4.46. The number of anilines is 1. The summed E-state index contributed by atoms with van der Waals surface area (Å²) in [6.07, 6.45) is 7.67. The molecule has 10 nitrogen and oxygen atoms in total. The molecule has 11 heteroatoms. The van der Waals surface area contributed by atoms with Crippen LogP contribution in [0.15, 0.2) is 24.8 Å². The third-order valence-electron chi connectivity index (χ3n) is 7.10. The molecular weight excluding hydrogens is 488 g/mol. The lowest BCUT2D eigenvalue weighted by atomic mass is 9.97. The van der Waals surface area contributed by atoms with Crippen molar-refractivity contribution in [2.75, 3.05) is 38.8 Å². The number of methoxy groups -OCH3 is 2. The molecule has 0 bridgehead atoms. The monoisotopic (exact) mass is 524 g/mol. The van der Waals surface area contributed by atoms with E-state index in [1.165, 1.54) is 11.3 Å². The van der Waals surface area contributed by atoms with Crippen molar-refractivity contribution in [2.45, 2.75) is 58.1 Å². The van der Waals surface area contributed by atoms with Crippen molar-refractivity contribution in [3.8, 4) is 27.7 Å². The number of pyridine rings is 1. The number of ether oxygens (including phenoxy) is 2. The van der Waals surface area contributed by atoms with E-state index < -0.39 is 0 Å². The number of piperidine rings is 1. The Bertz CT molecular complexity index is 1350. The van der Waals surface area contributed by atoms with E-state index in [-0.39, 0.29) is 11.5 Å². The van der Waals surface area contributed by atoms with Gasteiger partial charge in [-0.15, -0.1) is 0 Å². The average molecular weight is 525 g/mol. The molecule has 2 N–H and O–H groups in total. The van der Waals surface area contributed by atoms with Crippen molar-refractivity contribution in [3.63, 3.8) is 0 Å². The third-order valence-corrected chi connectivity index (χ3v) is 8.17. The third kappa shape index (κ3) is 5.21. The molecule has 4 aromatic rings. The van der Waals surface area contributed by atoms with Gasteiger partial charge in [0.15, 0.2) is 11.4 Å². The lowest BCUT2D eigenvalue weighted by molar-refractivity contribution is 0.0204. The van der Waals surface area contributed by atoms with Crippen LogP contribution in [0.5, 0.6) is 5.75 Å². The molecule has 0 amide bonds. The van der Waals surface area contributed by atoms with Gasteiger partial charge in [-0.05, 0) is 38.7 Å². The molecule has 0 atom stereocenters. The smallest absolute Gasteiger partial charge is 0.197 e. The van der Waals surface area contributed by atoms with Gasteiger partial charge < -0.3 is 19.7 Å². The number of thiazole rings is 1. The van der Waals surface area contributed by atoms with E-state index in [0.717, 1.165) is 60.0 Å². The molecule has 0 spiro atoms. The zero-order valence-electron chi connectivity index (χ0n) is 22.4. The van der Waals surface area contributed by atoms with Crippen molar-refractivity contribution in [1.29, 1.82) is 0 Å². The minimum Gasteiger partial charge on any atom is -0.493 e. The first kappa shape index (κ1) is 25.6. The van der Waals surface area contributed by atoms with Crippen LogP contribution in [0.2, 0.25) is 0 Å². The Morgan fingerprint density at radius 2 is 2.00 bits per heavy atom. The van der Waals surface area contributed by atoms with E-state index in [1.807, 2.05) is 18.5 Å². The SMILES string of the molecule is COc1cc(-c2[nH]nc(-c3ncc(N4CCC(NCC(C)(C)OC)CC4)s3)c2C(C)C)cn2ncnc12. The van der Waals surface area contributed by atoms with Crippen LogP contribution in [-0.4, -0.2) is 75.3 Å². The Morgan fingerprint density at radius 3 is 2.70 bits per heavy atom. The molecule has 0 radical (unpaired) electrons. The van der Waals surface area contributed by atoms with Gasteiger partial charge >= 0.3 is 0 Å². The maximum Gasteiger partial charge on any atom is 0.197 e. The number of nitrogens with one attached hydrogen (secondary N) is 2. The molecule has 1 saturated heterocycles. The number of hydrogen-bond donors (Lipinski definition) is 2. The van der Waals surface area contributed by atoms with E-state index in [2.05, 4.69) is 53.1 Å². The Balaban J connectivity index is 1.35. The Morgan fingerprint density at radius 1 is 1.22 bits per heavy atom. The summed E-state index contributed by atoms with van der Waals surface area (Å²) in [6.45, 7) is 11.5. The fourth-order valence-corrected chi connectivity index (χ4v) is 5.74. The topological polar surface area (TPSA) is 105 Å². The van der Waals surface area contributed by atoms with Crippen molar-refractivity contribution in [1.82, 2.24) is 35.1 Å². The largest absolute Gasteiger partial charge is 0.493 e. The van der Waals surface area contributed by atoms with Crippen molar-refractivity contribution < 1.29 is 9.47 Å². The summed E-state index contributed by atoms with van der Waals surface area (Å²) < 4.78 is 12.8. The molecule has 5 heterocycles. The summed E-state index contributed by atoms with van der Waals surface area (Å²) in [7, 11) is 3.41. The van der Waals surface area contributed by atoms with E-state index in [0.29, 0.717) is 17.4 Å². The summed E-state index contributed by atoms with van der Waals surface area (Å²) >= 11 is 1.71. The molecule has 1 aliphatic heterocycles. The van der Waals surface area contributed by atoms with Gasteiger partial charge in [0.25, 0.3) is 0 Å². The normalized spacial score (nSPS) is 15.3. The average Bonchev–Trinajstić information content (AvgIpc) is 3.66. The minimum atomic E-state index is -0.146. The van der Waals surface area contributed by atoms with Gasteiger partial charge in [-0.25, -0.2) is 14.5 Å². The molecule has 0 aromatic carbocycles. The van der Waals surface area contributed by atoms with Gasteiger partial charge in [-0.2, -0.15) is 10.2 Å². The standard InChI is InChI=1S/C26H36N8O2S/c1-16(2)21-22(17-11-19(35-5)24-29-15-30-34(24)13-17)31-32-23(21)25-27-12-20(37-25)33-9-7-18(8-10-33)28-14-26(3,4)36-6/h11-13,15-16,18,28H,7-10,14H2,1-6H3,(H,31,32). The quantitative estimate of drug-likeness (QED) is 0.333. The first-order valence-corrected chi connectivity index (χ1v) is 13.6. The van der Waals surface area contributed by atoms with Gasteiger partial charge in [0.2, 0.25) is 0 Å². The first-order chi connectivity index (χ1) is 17.8. The number of aromatic nitrogens is 6. The Kier molecular flexibility index (Phi) is 7.19. The van der Waals surface area contributed by atoms with Gasteiger partial charge in [0.05, 0.1) is 24.6 Å². The van der Waals surface area contributed by atoms with Crippen LogP contribution in [0.3, 0.4) is 0 Å². The number of nitrogens with zero attached hydrogens (tertiary/aromatic N) is 6. The molecule has 198 valence electrons. The second-order valence-electron chi connectivity index (χ2n) is 10.5.